The summed E-state index contributed by atoms with van der Waals surface area (Å²) in [6.07, 6.45) is 0. The van der Waals surface area contributed by atoms with Crippen molar-refractivity contribution in [3.05, 3.63) is 16.8 Å². The number of nitrogens with two attached hydrogens (primary N) is 1. The first kappa shape index (κ1) is 12.8. The number of thiocarbonyl (C=S) groups is 1. The van der Waals surface area contributed by atoms with Gasteiger partial charge in [-0.05, 0) is 40.2 Å². The molecule has 0 unspecified atom stereocenters. The fourth-order valence-corrected chi connectivity index (χ4v) is 1.48. The molecule has 0 atom stereocenters. The van der Waals surface area contributed by atoms with E-state index in [1.807, 2.05) is 34.6 Å². The molecule has 1 rings (SSSR count). The third kappa shape index (κ3) is 2.88. The van der Waals surface area contributed by atoms with E-state index in [1.54, 1.807) is 0 Å². The van der Waals surface area contributed by atoms with E-state index < -0.39 is 0 Å². The molecule has 1 aromatic rings. The van der Waals surface area contributed by atoms with E-state index in [0.29, 0.717) is 11.4 Å². The second kappa shape index (κ2) is 4.33. The summed E-state index contributed by atoms with van der Waals surface area (Å²) in [6.45, 7) is 9.59. The fourth-order valence-electron chi connectivity index (χ4n) is 1.24. The van der Waals surface area contributed by atoms with Crippen LogP contribution in [0.15, 0.2) is 0 Å². The normalized spacial score (nSPS) is 11.3. The largest absolute Gasteiger partial charge is 0.470 e. The highest BCUT2D eigenvalue weighted by Gasteiger charge is 2.20. The molecule has 0 amide bonds. The molecule has 0 saturated heterocycles. The Balaban J connectivity index is 3.29. The van der Waals surface area contributed by atoms with Gasteiger partial charge >= 0.3 is 0 Å². The van der Waals surface area contributed by atoms with Crippen LogP contribution in [0.2, 0.25) is 0 Å². The number of hydrogen-bond donors (Lipinski definition) is 1. The molecular weight excluding hydrogens is 222 g/mol. The molecule has 0 aliphatic heterocycles. The minimum absolute atomic E-state index is 0.287. The minimum Gasteiger partial charge on any atom is -0.470 e. The molecule has 0 bridgehead atoms. The zero-order valence-corrected chi connectivity index (χ0v) is 11.1. The van der Waals surface area contributed by atoms with Crippen molar-refractivity contribution in [1.82, 2.24) is 10.2 Å². The molecule has 0 aliphatic rings. The van der Waals surface area contributed by atoms with Crippen LogP contribution in [0, 0.1) is 13.8 Å². The first-order chi connectivity index (χ1) is 7.22. The average molecular weight is 239 g/mol. The lowest BCUT2D eigenvalue weighted by Gasteiger charge is -2.22. The van der Waals surface area contributed by atoms with Gasteiger partial charge < -0.3 is 10.5 Å². The molecule has 0 fully saturated rings. The van der Waals surface area contributed by atoms with Gasteiger partial charge in [0.05, 0.1) is 11.3 Å². The summed E-state index contributed by atoms with van der Waals surface area (Å²) in [7, 11) is 0. The topological polar surface area (TPSA) is 61.0 Å². The van der Waals surface area contributed by atoms with Crippen LogP contribution in [0.25, 0.3) is 0 Å². The summed E-state index contributed by atoms with van der Waals surface area (Å²) in [5.41, 5.74) is 7.74. The van der Waals surface area contributed by atoms with Gasteiger partial charge in [-0.2, -0.15) is 5.10 Å². The average Bonchev–Trinajstić information content (AvgIpc) is 2.08. The Labute approximate surface area is 101 Å². The van der Waals surface area contributed by atoms with Gasteiger partial charge in [-0.25, -0.2) is 0 Å². The van der Waals surface area contributed by atoms with E-state index in [4.69, 9.17) is 22.7 Å². The van der Waals surface area contributed by atoms with E-state index in [1.165, 1.54) is 0 Å². The van der Waals surface area contributed by atoms with Gasteiger partial charge in [0.15, 0.2) is 0 Å². The molecule has 16 heavy (non-hydrogen) atoms. The minimum atomic E-state index is -0.351. The number of hydrogen-bond acceptors (Lipinski definition) is 4. The van der Waals surface area contributed by atoms with Crippen molar-refractivity contribution in [2.45, 2.75) is 40.2 Å². The second-order valence-electron chi connectivity index (χ2n) is 4.67. The van der Waals surface area contributed by atoms with Crippen LogP contribution < -0.4 is 10.5 Å². The number of ether oxygens (including phenoxy) is 1. The maximum Gasteiger partial charge on any atom is 0.244 e. The van der Waals surface area contributed by atoms with Gasteiger partial charge in [0.2, 0.25) is 5.88 Å². The smallest absolute Gasteiger partial charge is 0.244 e. The van der Waals surface area contributed by atoms with E-state index in [2.05, 4.69) is 10.2 Å². The first-order valence-electron chi connectivity index (χ1n) is 5.05. The number of rotatable bonds is 2. The van der Waals surface area contributed by atoms with Gasteiger partial charge in [-0.15, -0.1) is 5.10 Å². The van der Waals surface area contributed by atoms with Crippen LogP contribution in [0.4, 0.5) is 0 Å². The number of nitrogens with zero attached hydrogens (tertiary/aromatic N) is 2. The van der Waals surface area contributed by atoms with E-state index in [0.717, 1.165) is 11.3 Å². The van der Waals surface area contributed by atoms with E-state index >= 15 is 0 Å². The van der Waals surface area contributed by atoms with Crippen molar-refractivity contribution >= 4 is 17.2 Å². The lowest BCUT2D eigenvalue weighted by Crippen LogP contribution is -2.26. The zero-order chi connectivity index (χ0) is 12.5. The lowest BCUT2D eigenvalue weighted by molar-refractivity contribution is 0.122. The van der Waals surface area contributed by atoms with Crippen molar-refractivity contribution in [3.8, 4) is 5.88 Å². The Morgan fingerprint density at radius 2 is 1.81 bits per heavy atom. The molecule has 2 N–H and O–H groups in total. The molecule has 0 saturated carbocycles. The molecule has 0 radical (unpaired) electrons. The Hall–Kier alpha value is -1.23. The van der Waals surface area contributed by atoms with Crippen LogP contribution >= 0.6 is 12.2 Å². The summed E-state index contributed by atoms with van der Waals surface area (Å²) in [6, 6.07) is 0. The van der Waals surface area contributed by atoms with Crippen molar-refractivity contribution in [3.63, 3.8) is 0 Å². The standard InChI is InChI=1S/C11H17N3OS/c1-6-7(2)13-14-10(8(6)9(12)16)15-11(3,4)5/h1-5H3,(H2,12,16). The SMILES string of the molecule is Cc1nnc(OC(C)(C)C)c(C(N)=S)c1C. The van der Waals surface area contributed by atoms with E-state index in [9.17, 15) is 0 Å². The Kier molecular flexibility index (Phi) is 3.48. The molecule has 1 heterocycles. The number of aryl methyl sites for hydroxylation is 1. The third-order valence-corrected chi connectivity index (χ3v) is 2.28. The molecule has 1 aromatic heterocycles. The van der Waals surface area contributed by atoms with Crippen LogP contribution in [0.3, 0.4) is 0 Å². The summed E-state index contributed by atoms with van der Waals surface area (Å²) >= 11 is 5.02. The van der Waals surface area contributed by atoms with Crippen LogP contribution in [0.5, 0.6) is 5.88 Å². The Bertz CT molecular complexity index is 424. The molecule has 4 nitrogen and oxygen atoms in total. The molecule has 0 aromatic carbocycles. The first-order valence-corrected chi connectivity index (χ1v) is 5.46. The van der Waals surface area contributed by atoms with Gasteiger partial charge in [-0.3, -0.25) is 0 Å². The summed E-state index contributed by atoms with van der Waals surface area (Å²) in [5.74, 6) is 0.406. The quantitative estimate of drug-likeness (QED) is 0.799. The van der Waals surface area contributed by atoms with Crippen LogP contribution in [0.1, 0.15) is 37.6 Å². The Morgan fingerprint density at radius 1 is 1.25 bits per heavy atom. The summed E-state index contributed by atoms with van der Waals surface area (Å²) in [4.78, 5) is 0.287. The highest BCUT2D eigenvalue weighted by atomic mass is 32.1. The van der Waals surface area contributed by atoms with Gasteiger partial charge in [-0.1, -0.05) is 12.2 Å². The van der Waals surface area contributed by atoms with Crippen molar-refractivity contribution in [1.29, 1.82) is 0 Å². The van der Waals surface area contributed by atoms with Gasteiger partial charge in [0.1, 0.15) is 10.6 Å². The van der Waals surface area contributed by atoms with Crippen molar-refractivity contribution in [2.75, 3.05) is 0 Å². The third-order valence-electron chi connectivity index (χ3n) is 2.07. The predicted molar refractivity (Wildman–Crippen MR) is 67.8 cm³/mol. The zero-order valence-electron chi connectivity index (χ0n) is 10.3. The fraction of sp³-hybridized carbons (Fsp3) is 0.545. The lowest BCUT2D eigenvalue weighted by atomic mass is 10.1. The maximum absolute atomic E-state index is 5.69. The molecule has 0 aliphatic carbocycles. The molecule has 5 heteroatoms. The highest BCUT2D eigenvalue weighted by molar-refractivity contribution is 7.80. The monoisotopic (exact) mass is 239 g/mol. The predicted octanol–water partition coefficient (Wildman–Crippen LogP) is 1.90. The Morgan fingerprint density at radius 3 is 2.25 bits per heavy atom. The molecular formula is C11H17N3OS. The van der Waals surface area contributed by atoms with E-state index in [-0.39, 0.29) is 10.6 Å². The molecule has 0 spiro atoms. The molecule has 88 valence electrons. The highest BCUT2D eigenvalue weighted by Crippen LogP contribution is 2.23. The van der Waals surface area contributed by atoms with Crippen molar-refractivity contribution < 1.29 is 4.74 Å². The number of aromatic nitrogens is 2. The van der Waals surface area contributed by atoms with Gasteiger partial charge in [0, 0.05) is 0 Å². The maximum atomic E-state index is 5.69. The summed E-state index contributed by atoms with van der Waals surface area (Å²) < 4.78 is 5.69. The van der Waals surface area contributed by atoms with Crippen molar-refractivity contribution in [2.24, 2.45) is 5.73 Å². The van der Waals surface area contributed by atoms with Crippen LogP contribution in [-0.2, 0) is 0 Å². The van der Waals surface area contributed by atoms with Crippen LogP contribution in [-0.4, -0.2) is 20.8 Å². The second-order valence-corrected chi connectivity index (χ2v) is 5.11. The van der Waals surface area contributed by atoms with Gasteiger partial charge in [0.25, 0.3) is 0 Å². The summed E-state index contributed by atoms with van der Waals surface area (Å²) in [5, 5.41) is 8.02.